The number of H-pyrrole nitrogens is 1. The summed E-state index contributed by atoms with van der Waals surface area (Å²) in [4.78, 5) is 68.0. The van der Waals surface area contributed by atoms with Crippen LogP contribution in [0.15, 0.2) is 15.0 Å². The molecular weight excluding hydrogens is 456 g/mol. The lowest BCUT2D eigenvalue weighted by Crippen LogP contribution is -2.44. The molecular formula is C19H26N6O7S. The van der Waals surface area contributed by atoms with Crippen molar-refractivity contribution in [3.05, 3.63) is 31.9 Å². The molecule has 180 valence electrons. The highest BCUT2D eigenvalue weighted by Crippen LogP contribution is 2.18. The number of carbonyl (C=O) groups is 3. The van der Waals surface area contributed by atoms with Gasteiger partial charge in [-0.1, -0.05) is 13.3 Å². The van der Waals surface area contributed by atoms with E-state index in [1.165, 1.54) is 24.0 Å². The predicted molar refractivity (Wildman–Crippen MR) is 122 cm³/mol. The number of carbonyl (C=O) groups excluding carboxylic acids is 3. The first-order valence-electron chi connectivity index (χ1n) is 10.0. The molecule has 0 spiro atoms. The number of unbranched alkanes of at least 4 members (excludes halogenated alkanes) is 1. The van der Waals surface area contributed by atoms with Gasteiger partial charge in [0.05, 0.1) is 6.61 Å². The van der Waals surface area contributed by atoms with Crippen molar-refractivity contribution in [3.63, 3.8) is 0 Å². The second-order valence-electron chi connectivity index (χ2n) is 6.83. The fourth-order valence-electron chi connectivity index (χ4n) is 2.77. The maximum Gasteiger partial charge on any atom is 0.358 e. The van der Waals surface area contributed by atoms with Crippen LogP contribution in [0.2, 0.25) is 0 Å². The van der Waals surface area contributed by atoms with E-state index in [0.29, 0.717) is 6.42 Å². The minimum atomic E-state index is -0.891. The van der Waals surface area contributed by atoms with E-state index < -0.39 is 29.7 Å². The fourth-order valence-corrected chi connectivity index (χ4v) is 3.50. The first kappa shape index (κ1) is 25.7. The molecule has 0 unspecified atom stereocenters. The number of ether oxygens (including phenoxy) is 2. The van der Waals surface area contributed by atoms with Crippen LogP contribution in [0.25, 0.3) is 0 Å². The summed E-state index contributed by atoms with van der Waals surface area (Å²) in [6.07, 6.45) is 1.41. The molecule has 2 rings (SSSR count). The van der Waals surface area contributed by atoms with E-state index in [-0.39, 0.29) is 47.9 Å². The van der Waals surface area contributed by atoms with Crippen LogP contribution in [0.3, 0.4) is 0 Å². The van der Waals surface area contributed by atoms with E-state index in [1.807, 2.05) is 6.92 Å². The Bertz CT molecular complexity index is 1120. The smallest absolute Gasteiger partial charge is 0.358 e. The second-order valence-corrected chi connectivity index (χ2v) is 7.69. The van der Waals surface area contributed by atoms with Crippen LogP contribution < -0.4 is 27.2 Å². The van der Waals surface area contributed by atoms with Crippen molar-refractivity contribution in [1.29, 1.82) is 0 Å². The van der Waals surface area contributed by atoms with Crippen LogP contribution in [-0.4, -0.2) is 59.2 Å². The normalized spacial score (nSPS) is 10.6. The van der Waals surface area contributed by atoms with Crippen molar-refractivity contribution in [2.45, 2.75) is 33.2 Å². The molecule has 33 heavy (non-hydrogen) atoms. The zero-order chi connectivity index (χ0) is 24.5. The third kappa shape index (κ3) is 6.73. The lowest BCUT2D eigenvalue weighted by molar-refractivity contribution is -0.121. The molecule has 0 aliphatic heterocycles. The van der Waals surface area contributed by atoms with E-state index in [9.17, 15) is 24.0 Å². The van der Waals surface area contributed by atoms with E-state index in [1.54, 1.807) is 0 Å². The Kier molecular flexibility index (Phi) is 9.30. The average Bonchev–Trinajstić information content (AvgIpc) is 3.21. The minimum Gasteiger partial charge on any atom is -0.451 e. The molecule has 2 aromatic heterocycles. The maximum atomic E-state index is 12.9. The van der Waals surface area contributed by atoms with Gasteiger partial charge in [0.1, 0.15) is 5.82 Å². The highest BCUT2D eigenvalue weighted by Gasteiger charge is 2.25. The number of nitrogens with two attached hydrogens (primary N) is 1. The Labute approximate surface area is 192 Å². The van der Waals surface area contributed by atoms with Gasteiger partial charge in [0.15, 0.2) is 23.1 Å². The summed E-state index contributed by atoms with van der Waals surface area (Å²) in [6, 6.07) is 0. The van der Waals surface area contributed by atoms with Gasteiger partial charge in [-0.3, -0.25) is 28.8 Å². The number of anilines is 3. The third-order valence-electron chi connectivity index (χ3n) is 4.36. The van der Waals surface area contributed by atoms with Crippen LogP contribution in [0.4, 0.5) is 16.6 Å². The monoisotopic (exact) mass is 482 g/mol. The van der Waals surface area contributed by atoms with Crippen LogP contribution in [0.1, 0.15) is 37.2 Å². The van der Waals surface area contributed by atoms with Gasteiger partial charge in [0.2, 0.25) is 5.91 Å². The molecule has 13 nitrogen and oxygen atoms in total. The number of nitrogens with one attached hydrogen (secondary N) is 2. The number of nitrogen functional groups attached to an aromatic ring is 1. The standard InChI is InChI=1S/C19H26N6O7S/c1-4-5-6-25-15(20)14(16(28)23-19(25)30)24(7-8-31-3)13(27)9-32-17(29)12-10-33-18(22-12)21-11(2)26/h10H,4-9,20H2,1-3H3,(H,21,22,26)(H,23,28,30). The van der Waals surface area contributed by atoms with Gasteiger partial charge in [-0.25, -0.2) is 14.6 Å². The zero-order valence-corrected chi connectivity index (χ0v) is 19.3. The number of hydrogen-bond donors (Lipinski definition) is 3. The number of esters is 1. The van der Waals surface area contributed by atoms with E-state index in [0.717, 1.165) is 22.7 Å². The number of amides is 2. The number of hydrogen-bond acceptors (Lipinski definition) is 10. The van der Waals surface area contributed by atoms with Crippen molar-refractivity contribution in [3.8, 4) is 0 Å². The molecule has 2 aromatic rings. The molecule has 0 saturated carbocycles. The molecule has 0 radical (unpaired) electrons. The highest BCUT2D eigenvalue weighted by molar-refractivity contribution is 7.14. The summed E-state index contributed by atoms with van der Waals surface area (Å²) in [5.41, 5.74) is 4.23. The molecule has 0 saturated heterocycles. The molecule has 14 heteroatoms. The quantitative estimate of drug-likeness (QED) is 0.376. The lowest BCUT2D eigenvalue weighted by Gasteiger charge is -2.24. The van der Waals surface area contributed by atoms with Gasteiger partial charge >= 0.3 is 11.7 Å². The number of aromatic amines is 1. The maximum absolute atomic E-state index is 12.9. The average molecular weight is 483 g/mol. The molecule has 0 aromatic carbocycles. The van der Waals surface area contributed by atoms with Crippen molar-refractivity contribution in [1.82, 2.24) is 14.5 Å². The summed E-state index contributed by atoms with van der Waals surface area (Å²) >= 11 is 1.02. The van der Waals surface area contributed by atoms with Gasteiger partial charge in [0, 0.05) is 32.5 Å². The molecule has 0 aliphatic rings. The highest BCUT2D eigenvalue weighted by atomic mass is 32.1. The molecule has 4 N–H and O–H groups in total. The summed E-state index contributed by atoms with van der Waals surface area (Å²) in [7, 11) is 1.41. The summed E-state index contributed by atoms with van der Waals surface area (Å²) in [5, 5.41) is 4.01. The molecule has 0 aliphatic carbocycles. The SMILES string of the molecule is CCCCn1c(N)c(N(CCOC)C(=O)COC(=O)c2csc(NC(C)=O)n2)c(=O)[nH]c1=O. The summed E-state index contributed by atoms with van der Waals surface area (Å²) in [5.74, 6) is -2.17. The van der Waals surface area contributed by atoms with Crippen LogP contribution >= 0.6 is 11.3 Å². The number of thiazole rings is 1. The van der Waals surface area contributed by atoms with Gasteiger partial charge < -0.3 is 20.5 Å². The van der Waals surface area contributed by atoms with Crippen LogP contribution in [0, 0.1) is 0 Å². The zero-order valence-electron chi connectivity index (χ0n) is 18.5. The van der Waals surface area contributed by atoms with Gasteiger partial charge in [-0.15, -0.1) is 11.3 Å². The number of methoxy groups -OCH3 is 1. The van der Waals surface area contributed by atoms with E-state index >= 15 is 0 Å². The summed E-state index contributed by atoms with van der Waals surface area (Å²) in [6.45, 7) is 2.74. The molecule has 2 amide bonds. The fraction of sp³-hybridized carbons (Fsp3) is 0.474. The number of nitrogens with zero attached hydrogens (tertiary/aromatic N) is 3. The molecule has 0 bridgehead atoms. The van der Waals surface area contributed by atoms with Crippen LogP contribution in [-0.2, 0) is 25.6 Å². The second kappa shape index (κ2) is 11.9. The first-order valence-corrected chi connectivity index (χ1v) is 10.9. The van der Waals surface area contributed by atoms with Crippen molar-refractivity contribution >= 4 is 45.8 Å². The molecule has 0 atom stereocenters. The third-order valence-corrected chi connectivity index (χ3v) is 5.12. The van der Waals surface area contributed by atoms with E-state index in [4.69, 9.17) is 15.2 Å². The Morgan fingerprint density at radius 2 is 2.06 bits per heavy atom. The Balaban J connectivity index is 2.24. The summed E-state index contributed by atoms with van der Waals surface area (Å²) < 4.78 is 11.2. The van der Waals surface area contributed by atoms with Gasteiger partial charge in [0.25, 0.3) is 11.5 Å². The minimum absolute atomic E-state index is 0.0544. The number of rotatable bonds is 11. The lowest BCUT2D eigenvalue weighted by atomic mass is 10.3. The van der Waals surface area contributed by atoms with Crippen molar-refractivity contribution in [2.75, 3.05) is 42.8 Å². The first-order chi connectivity index (χ1) is 15.7. The Morgan fingerprint density at radius 3 is 2.70 bits per heavy atom. The largest absolute Gasteiger partial charge is 0.451 e. The Morgan fingerprint density at radius 1 is 1.33 bits per heavy atom. The topological polar surface area (TPSA) is 179 Å². The van der Waals surface area contributed by atoms with Crippen LogP contribution in [0.5, 0.6) is 0 Å². The van der Waals surface area contributed by atoms with Gasteiger partial charge in [-0.2, -0.15) is 0 Å². The van der Waals surface area contributed by atoms with Crippen molar-refractivity contribution < 1.29 is 23.9 Å². The Hall–Kier alpha value is -3.52. The number of aromatic nitrogens is 3. The predicted octanol–water partition coefficient (Wildman–Crippen LogP) is 0.170. The molecule has 0 fully saturated rings. The molecule has 2 heterocycles. The van der Waals surface area contributed by atoms with Crippen molar-refractivity contribution in [2.24, 2.45) is 0 Å². The van der Waals surface area contributed by atoms with Gasteiger partial charge in [-0.05, 0) is 6.42 Å². The van der Waals surface area contributed by atoms with E-state index in [2.05, 4.69) is 15.3 Å².